The Balaban J connectivity index is 2.22. The molecule has 0 aromatic heterocycles. The van der Waals surface area contributed by atoms with Crippen LogP contribution in [0.1, 0.15) is 34.8 Å². The maximum atomic E-state index is 12.7. The molecule has 112 valence electrons. The molecule has 2 rings (SSSR count). The van der Waals surface area contributed by atoms with Crippen molar-refractivity contribution in [1.82, 2.24) is 4.90 Å². The fourth-order valence-electron chi connectivity index (χ4n) is 2.39. The molecule has 1 amide bonds. The van der Waals surface area contributed by atoms with Gasteiger partial charge in [-0.2, -0.15) is 11.8 Å². The lowest BCUT2D eigenvalue weighted by Gasteiger charge is -2.31. The summed E-state index contributed by atoms with van der Waals surface area (Å²) >= 11 is 1.92. The van der Waals surface area contributed by atoms with Crippen molar-refractivity contribution in [3.63, 3.8) is 0 Å². The average Bonchev–Trinajstić information content (AvgIpc) is 2.48. The third-order valence-corrected chi connectivity index (χ3v) is 4.69. The summed E-state index contributed by atoms with van der Waals surface area (Å²) in [4.78, 5) is 14.6. The lowest BCUT2D eigenvalue weighted by Crippen LogP contribution is -2.41. The molecule has 1 atom stereocenters. The minimum Gasteiger partial charge on any atom is -0.395 e. The average molecular weight is 303 g/mol. The highest BCUT2D eigenvalue weighted by Crippen LogP contribution is 2.21. The van der Waals surface area contributed by atoms with Crippen LogP contribution in [0.4, 0.5) is 0 Å². The number of thioether (sulfide) groups is 1. The number of aliphatic hydroxyl groups excluding tert-OH is 1. The lowest BCUT2D eigenvalue weighted by atomic mass is 10.0. The zero-order valence-corrected chi connectivity index (χ0v) is 13.4. The van der Waals surface area contributed by atoms with E-state index in [9.17, 15) is 4.79 Å². The molecule has 21 heavy (non-hydrogen) atoms. The Kier molecular flexibility index (Phi) is 5.72. The molecule has 1 N–H and O–H groups in total. The fourth-order valence-corrected chi connectivity index (χ4v) is 3.40. The number of hydrogen-bond donors (Lipinski definition) is 1. The lowest BCUT2D eigenvalue weighted by molar-refractivity contribution is 0.0762. The molecule has 0 saturated carbocycles. The minimum absolute atomic E-state index is 0.0635. The van der Waals surface area contributed by atoms with Crippen LogP contribution in [0.5, 0.6) is 0 Å². The summed E-state index contributed by atoms with van der Waals surface area (Å²) in [5.41, 5.74) is 2.54. The molecule has 1 aromatic rings. The molecule has 3 nitrogen and oxygen atoms in total. The van der Waals surface area contributed by atoms with E-state index in [1.165, 1.54) is 0 Å². The predicted molar refractivity (Wildman–Crippen MR) is 87.6 cm³/mol. The van der Waals surface area contributed by atoms with Crippen molar-refractivity contribution < 1.29 is 9.90 Å². The zero-order chi connectivity index (χ0) is 15.2. The molecule has 0 aliphatic carbocycles. The van der Waals surface area contributed by atoms with Gasteiger partial charge in [-0.05, 0) is 24.6 Å². The van der Waals surface area contributed by atoms with Crippen LogP contribution in [0.15, 0.2) is 18.2 Å². The van der Waals surface area contributed by atoms with Gasteiger partial charge in [0.15, 0.2) is 0 Å². The molecule has 4 heteroatoms. The van der Waals surface area contributed by atoms with Gasteiger partial charge < -0.3 is 10.0 Å². The molecular formula is C17H21NO2S. The molecule has 1 aliphatic heterocycles. The van der Waals surface area contributed by atoms with E-state index in [-0.39, 0.29) is 12.5 Å². The Labute approximate surface area is 130 Å². The van der Waals surface area contributed by atoms with Gasteiger partial charge in [-0.1, -0.05) is 24.8 Å². The van der Waals surface area contributed by atoms with Crippen LogP contribution in [0.25, 0.3) is 0 Å². The number of aliphatic hydroxyl groups is 1. The summed E-state index contributed by atoms with van der Waals surface area (Å²) < 4.78 is 0. The van der Waals surface area contributed by atoms with Gasteiger partial charge in [-0.3, -0.25) is 4.79 Å². The highest BCUT2D eigenvalue weighted by atomic mass is 32.2. The number of benzene rings is 1. The SMILES string of the molecule is Cc1c(C#CCCO)cccc1C(=O)N1CCSC(C)C1. The van der Waals surface area contributed by atoms with Crippen LogP contribution in [-0.2, 0) is 0 Å². The maximum absolute atomic E-state index is 12.7. The summed E-state index contributed by atoms with van der Waals surface area (Å²) in [6.45, 7) is 5.79. The first kappa shape index (κ1) is 15.9. The Morgan fingerprint density at radius 3 is 3.05 bits per heavy atom. The van der Waals surface area contributed by atoms with Crippen molar-refractivity contribution in [1.29, 1.82) is 0 Å². The molecule has 0 spiro atoms. The number of hydrogen-bond acceptors (Lipinski definition) is 3. The largest absolute Gasteiger partial charge is 0.395 e. The second kappa shape index (κ2) is 7.53. The summed E-state index contributed by atoms with van der Waals surface area (Å²) in [5.74, 6) is 7.06. The Hall–Kier alpha value is -1.44. The first-order valence-corrected chi connectivity index (χ1v) is 8.28. The van der Waals surface area contributed by atoms with Crippen LogP contribution in [0, 0.1) is 18.8 Å². The minimum atomic E-state index is 0.0635. The van der Waals surface area contributed by atoms with E-state index in [0.717, 1.165) is 35.5 Å². The molecule has 1 fully saturated rings. The van der Waals surface area contributed by atoms with Crippen molar-refractivity contribution in [2.24, 2.45) is 0 Å². The third kappa shape index (κ3) is 4.03. The van der Waals surface area contributed by atoms with Gasteiger partial charge in [0.2, 0.25) is 0 Å². The maximum Gasteiger partial charge on any atom is 0.254 e. The number of nitrogens with zero attached hydrogens (tertiary/aromatic N) is 1. The van der Waals surface area contributed by atoms with Crippen LogP contribution in [0.2, 0.25) is 0 Å². The summed E-state index contributed by atoms with van der Waals surface area (Å²) in [5, 5.41) is 9.28. The van der Waals surface area contributed by atoms with Gasteiger partial charge >= 0.3 is 0 Å². The van der Waals surface area contributed by atoms with E-state index in [4.69, 9.17) is 5.11 Å². The van der Waals surface area contributed by atoms with Gasteiger partial charge in [-0.15, -0.1) is 0 Å². The van der Waals surface area contributed by atoms with Crippen molar-refractivity contribution in [2.45, 2.75) is 25.5 Å². The van der Waals surface area contributed by atoms with Gasteiger partial charge in [0.05, 0.1) is 6.61 Å². The van der Waals surface area contributed by atoms with Crippen LogP contribution >= 0.6 is 11.8 Å². The van der Waals surface area contributed by atoms with Crippen molar-refractivity contribution in [3.05, 3.63) is 34.9 Å². The van der Waals surface area contributed by atoms with E-state index in [1.807, 2.05) is 41.8 Å². The highest BCUT2D eigenvalue weighted by molar-refractivity contribution is 7.99. The highest BCUT2D eigenvalue weighted by Gasteiger charge is 2.23. The van der Waals surface area contributed by atoms with Crippen LogP contribution in [0.3, 0.4) is 0 Å². The number of rotatable bonds is 2. The monoisotopic (exact) mass is 303 g/mol. The topological polar surface area (TPSA) is 40.5 Å². The first-order valence-electron chi connectivity index (χ1n) is 7.23. The molecule has 1 aromatic carbocycles. The normalized spacial score (nSPS) is 18.0. The second-order valence-corrected chi connectivity index (χ2v) is 6.73. The third-order valence-electron chi connectivity index (χ3n) is 3.55. The van der Waals surface area contributed by atoms with E-state index >= 15 is 0 Å². The van der Waals surface area contributed by atoms with Gasteiger partial charge in [0, 0.05) is 41.6 Å². The predicted octanol–water partition coefficient (Wildman–Crippen LogP) is 2.31. The molecule has 1 saturated heterocycles. The molecule has 1 aliphatic rings. The molecule has 1 heterocycles. The van der Waals surface area contributed by atoms with Crippen molar-refractivity contribution in [2.75, 3.05) is 25.4 Å². The number of carbonyl (C=O) groups is 1. The van der Waals surface area contributed by atoms with Crippen LogP contribution < -0.4 is 0 Å². The van der Waals surface area contributed by atoms with Gasteiger partial charge in [0.25, 0.3) is 5.91 Å². The van der Waals surface area contributed by atoms with Gasteiger partial charge in [-0.25, -0.2) is 0 Å². The number of amides is 1. The first-order chi connectivity index (χ1) is 10.1. The van der Waals surface area contributed by atoms with E-state index in [1.54, 1.807) is 0 Å². The van der Waals surface area contributed by atoms with E-state index < -0.39 is 0 Å². The molecule has 0 bridgehead atoms. The van der Waals surface area contributed by atoms with Gasteiger partial charge in [0.1, 0.15) is 0 Å². The smallest absolute Gasteiger partial charge is 0.254 e. The summed E-state index contributed by atoms with van der Waals surface area (Å²) in [6, 6.07) is 5.68. The Bertz CT molecular complexity index is 574. The fraction of sp³-hybridized carbons (Fsp3) is 0.471. The summed E-state index contributed by atoms with van der Waals surface area (Å²) in [7, 11) is 0. The summed E-state index contributed by atoms with van der Waals surface area (Å²) in [6.07, 6.45) is 0.457. The molecule has 1 unspecified atom stereocenters. The quantitative estimate of drug-likeness (QED) is 0.852. The Morgan fingerprint density at radius 2 is 2.33 bits per heavy atom. The Morgan fingerprint density at radius 1 is 1.52 bits per heavy atom. The number of carbonyl (C=O) groups excluding carboxylic acids is 1. The molecule has 0 radical (unpaired) electrons. The van der Waals surface area contributed by atoms with E-state index in [0.29, 0.717) is 11.7 Å². The standard InChI is InChI=1S/C17H21NO2S/c1-13-12-18(9-11-21-13)17(20)16-8-5-7-15(14(16)2)6-3-4-10-19/h5,7-8,13,19H,4,9-12H2,1-2H3. The second-order valence-electron chi connectivity index (χ2n) is 5.19. The molecular weight excluding hydrogens is 282 g/mol. The zero-order valence-electron chi connectivity index (χ0n) is 12.6. The van der Waals surface area contributed by atoms with E-state index in [2.05, 4.69) is 18.8 Å². The van der Waals surface area contributed by atoms with Crippen molar-refractivity contribution >= 4 is 17.7 Å². The van der Waals surface area contributed by atoms with Crippen molar-refractivity contribution in [3.8, 4) is 11.8 Å². The van der Waals surface area contributed by atoms with Crippen LogP contribution in [-0.4, -0.2) is 46.6 Å².